The van der Waals surface area contributed by atoms with Crippen LogP contribution in [0.25, 0.3) is 0 Å². The number of hydrogen-bond acceptors (Lipinski definition) is 4. The van der Waals surface area contributed by atoms with Crippen molar-refractivity contribution in [2.24, 2.45) is 5.92 Å². The number of halogens is 1. The summed E-state index contributed by atoms with van der Waals surface area (Å²) in [7, 11) is 1.91. The molecule has 1 fully saturated rings. The van der Waals surface area contributed by atoms with Crippen LogP contribution in [0.2, 0.25) is 5.02 Å². The lowest BCUT2D eigenvalue weighted by Crippen LogP contribution is -2.47. The van der Waals surface area contributed by atoms with Gasteiger partial charge in [0, 0.05) is 39.3 Å². The van der Waals surface area contributed by atoms with E-state index < -0.39 is 0 Å². The Morgan fingerprint density at radius 1 is 1.25 bits per heavy atom. The molecule has 0 aromatic carbocycles. The summed E-state index contributed by atoms with van der Waals surface area (Å²) in [6, 6.07) is 3.98. The van der Waals surface area contributed by atoms with Crippen LogP contribution in [0.15, 0.2) is 12.1 Å². The molecule has 0 radical (unpaired) electrons. The van der Waals surface area contributed by atoms with Gasteiger partial charge in [0.05, 0.1) is 10.7 Å². The molecular weight excluding hydrogens is 272 g/mol. The van der Waals surface area contributed by atoms with Gasteiger partial charge in [-0.25, -0.2) is 4.98 Å². The summed E-state index contributed by atoms with van der Waals surface area (Å²) >= 11 is 6.17. The average molecular weight is 297 g/mol. The van der Waals surface area contributed by atoms with E-state index in [1.54, 1.807) is 0 Å². The molecule has 1 aliphatic heterocycles. The van der Waals surface area contributed by atoms with Crippen molar-refractivity contribution in [3.8, 4) is 0 Å². The summed E-state index contributed by atoms with van der Waals surface area (Å²) in [5.41, 5.74) is 0.927. The highest BCUT2D eigenvalue weighted by molar-refractivity contribution is 6.31. The monoisotopic (exact) mass is 296 g/mol. The van der Waals surface area contributed by atoms with Crippen LogP contribution in [-0.2, 0) is 6.54 Å². The standard InChI is InChI=1S/C15H25ClN4/c1-12(2)11-19-6-8-20(9-7-19)15-5-4-13(16)14(18-15)10-17-3/h4-5,12,17H,6-11H2,1-3H3. The van der Waals surface area contributed by atoms with Crippen LogP contribution in [0, 0.1) is 5.92 Å². The zero-order chi connectivity index (χ0) is 14.5. The second-order valence-corrected chi connectivity index (χ2v) is 6.22. The number of aromatic nitrogens is 1. The zero-order valence-corrected chi connectivity index (χ0v) is 13.5. The molecule has 1 saturated heterocycles. The van der Waals surface area contributed by atoms with Crippen molar-refractivity contribution >= 4 is 17.4 Å². The van der Waals surface area contributed by atoms with Gasteiger partial charge in [0.1, 0.15) is 5.82 Å². The molecule has 1 N–H and O–H groups in total. The van der Waals surface area contributed by atoms with Crippen LogP contribution in [0.1, 0.15) is 19.5 Å². The van der Waals surface area contributed by atoms with Crippen molar-refractivity contribution in [2.75, 3.05) is 44.7 Å². The molecule has 5 heteroatoms. The predicted octanol–water partition coefficient (Wildman–Crippen LogP) is 2.23. The van der Waals surface area contributed by atoms with E-state index in [1.807, 2.05) is 19.2 Å². The lowest BCUT2D eigenvalue weighted by Gasteiger charge is -2.36. The van der Waals surface area contributed by atoms with Crippen LogP contribution in [0.5, 0.6) is 0 Å². The summed E-state index contributed by atoms with van der Waals surface area (Å²) in [4.78, 5) is 9.57. The minimum atomic E-state index is 0.708. The quantitative estimate of drug-likeness (QED) is 0.903. The highest BCUT2D eigenvalue weighted by atomic mass is 35.5. The van der Waals surface area contributed by atoms with Crippen LogP contribution >= 0.6 is 11.6 Å². The molecule has 0 unspecified atom stereocenters. The first-order valence-corrected chi connectivity index (χ1v) is 7.75. The van der Waals surface area contributed by atoms with Gasteiger partial charge in [-0.05, 0) is 25.1 Å². The number of pyridine rings is 1. The first-order chi connectivity index (χ1) is 9.60. The lowest BCUT2D eigenvalue weighted by molar-refractivity contribution is 0.231. The highest BCUT2D eigenvalue weighted by Crippen LogP contribution is 2.20. The van der Waals surface area contributed by atoms with Crippen molar-refractivity contribution in [3.63, 3.8) is 0 Å². The number of nitrogens with zero attached hydrogens (tertiary/aromatic N) is 3. The normalized spacial score (nSPS) is 16.9. The SMILES string of the molecule is CNCc1nc(N2CCN(CC(C)C)CC2)ccc1Cl. The smallest absolute Gasteiger partial charge is 0.129 e. The molecule has 0 spiro atoms. The second kappa shape index (κ2) is 7.25. The van der Waals surface area contributed by atoms with E-state index in [2.05, 4.69) is 33.9 Å². The van der Waals surface area contributed by atoms with E-state index in [4.69, 9.17) is 11.6 Å². The maximum atomic E-state index is 6.17. The molecule has 1 aromatic rings. The molecule has 1 aromatic heterocycles. The first-order valence-electron chi connectivity index (χ1n) is 7.37. The molecular formula is C15H25ClN4. The van der Waals surface area contributed by atoms with Gasteiger partial charge in [0.15, 0.2) is 0 Å². The molecule has 2 heterocycles. The molecule has 2 rings (SSSR count). The Labute approximate surface area is 127 Å². The third-order valence-electron chi connectivity index (χ3n) is 3.57. The van der Waals surface area contributed by atoms with E-state index in [9.17, 15) is 0 Å². The third-order valence-corrected chi connectivity index (χ3v) is 3.91. The minimum absolute atomic E-state index is 0.708. The van der Waals surface area contributed by atoms with Crippen molar-refractivity contribution in [1.82, 2.24) is 15.2 Å². The molecule has 4 nitrogen and oxygen atoms in total. The Morgan fingerprint density at radius 2 is 1.95 bits per heavy atom. The minimum Gasteiger partial charge on any atom is -0.354 e. The Kier molecular flexibility index (Phi) is 5.64. The van der Waals surface area contributed by atoms with Gasteiger partial charge in [-0.2, -0.15) is 0 Å². The fourth-order valence-corrected chi connectivity index (χ4v) is 2.79. The number of rotatable bonds is 5. The van der Waals surface area contributed by atoms with Gasteiger partial charge in [-0.15, -0.1) is 0 Å². The van der Waals surface area contributed by atoms with Gasteiger partial charge < -0.3 is 10.2 Å². The average Bonchev–Trinajstić information content (AvgIpc) is 2.42. The molecule has 0 saturated carbocycles. The van der Waals surface area contributed by atoms with Gasteiger partial charge in [0.2, 0.25) is 0 Å². The Balaban J connectivity index is 1.98. The van der Waals surface area contributed by atoms with E-state index in [0.29, 0.717) is 6.54 Å². The van der Waals surface area contributed by atoms with Crippen molar-refractivity contribution in [3.05, 3.63) is 22.8 Å². The summed E-state index contributed by atoms with van der Waals surface area (Å²) in [6.07, 6.45) is 0. The topological polar surface area (TPSA) is 31.4 Å². The summed E-state index contributed by atoms with van der Waals surface area (Å²) in [6.45, 7) is 10.8. The molecule has 0 bridgehead atoms. The number of hydrogen-bond donors (Lipinski definition) is 1. The fraction of sp³-hybridized carbons (Fsp3) is 0.667. The van der Waals surface area contributed by atoms with E-state index in [-0.39, 0.29) is 0 Å². The zero-order valence-electron chi connectivity index (χ0n) is 12.7. The Hall–Kier alpha value is -0.840. The maximum absolute atomic E-state index is 6.17. The number of nitrogens with one attached hydrogen (secondary N) is 1. The van der Waals surface area contributed by atoms with Gasteiger partial charge in [0.25, 0.3) is 0 Å². The van der Waals surface area contributed by atoms with Crippen molar-refractivity contribution in [1.29, 1.82) is 0 Å². The first kappa shape index (κ1) is 15.5. The summed E-state index contributed by atoms with van der Waals surface area (Å²) in [5, 5.41) is 3.85. The van der Waals surface area contributed by atoms with Gasteiger partial charge in [-0.3, -0.25) is 4.90 Å². The molecule has 20 heavy (non-hydrogen) atoms. The number of piperazine rings is 1. The Morgan fingerprint density at radius 3 is 2.55 bits per heavy atom. The van der Waals surface area contributed by atoms with E-state index in [0.717, 1.165) is 48.6 Å². The summed E-state index contributed by atoms with van der Waals surface area (Å²) in [5.74, 6) is 1.78. The lowest BCUT2D eigenvalue weighted by atomic mass is 10.2. The van der Waals surface area contributed by atoms with Gasteiger partial charge in [-0.1, -0.05) is 25.4 Å². The van der Waals surface area contributed by atoms with Crippen LogP contribution in [0.3, 0.4) is 0 Å². The number of anilines is 1. The van der Waals surface area contributed by atoms with Crippen LogP contribution < -0.4 is 10.2 Å². The predicted molar refractivity (Wildman–Crippen MR) is 85.5 cm³/mol. The summed E-state index contributed by atoms with van der Waals surface area (Å²) < 4.78 is 0. The molecule has 1 aliphatic rings. The highest BCUT2D eigenvalue weighted by Gasteiger charge is 2.19. The molecule has 0 amide bonds. The van der Waals surface area contributed by atoms with Crippen molar-refractivity contribution in [2.45, 2.75) is 20.4 Å². The van der Waals surface area contributed by atoms with Crippen LogP contribution in [-0.4, -0.2) is 49.7 Å². The fourth-order valence-electron chi connectivity index (χ4n) is 2.62. The third kappa shape index (κ3) is 4.08. The van der Waals surface area contributed by atoms with Crippen molar-refractivity contribution < 1.29 is 0 Å². The van der Waals surface area contributed by atoms with E-state index >= 15 is 0 Å². The largest absolute Gasteiger partial charge is 0.354 e. The molecule has 0 atom stereocenters. The molecule has 0 aliphatic carbocycles. The second-order valence-electron chi connectivity index (χ2n) is 5.81. The van der Waals surface area contributed by atoms with E-state index in [1.165, 1.54) is 6.54 Å². The molecule has 112 valence electrons. The van der Waals surface area contributed by atoms with Gasteiger partial charge >= 0.3 is 0 Å². The van der Waals surface area contributed by atoms with Crippen LogP contribution in [0.4, 0.5) is 5.82 Å². The Bertz CT molecular complexity index is 428. The maximum Gasteiger partial charge on any atom is 0.129 e.